The molecule has 20 heavy (non-hydrogen) atoms. The molecule has 1 N–H and O–H groups in total. The third-order valence-electron chi connectivity index (χ3n) is 2.52. The number of hydrogen-bond donors (Lipinski definition) is 1. The van der Waals surface area contributed by atoms with E-state index < -0.39 is 4.92 Å². The van der Waals surface area contributed by atoms with Crippen LogP contribution in [0.5, 0.6) is 11.6 Å². The zero-order chi connectivity index (χ0) is 14.5. The quantitative estimate of drug-likeness (QED) is 0.669. The minimum Gasteiger partial charge on any atom is -0.438 e. The number of nitro groups is 1. The molecule has 0 bridgehead atoms. The topological polar surface area (TPSA) is 77.3 Å². The monoisotopic (exact) mass is 337 g/mol. The van der Waals surface area contributed by atoms with Gasteiger partial charge in [0.25, 0.3) is 5.69 Å². The average molecular weight is 338 g/mol. The number of nitro benzene ring substituents is 1. The fourth-order valence-electron chi connectivity index (χ4n) is 1.58. The highest BCUT2D eigenvalue weighted by Gasteiger charge is 2.11. The molecule has 2 rings (SSSR count). The highest BCUT2D eigenvalue weighted by molar-refractivity contribution is 9.10. The Morgan fingerprint density at radius 3 is 2.80 bits per heavy atom. The van der Waals surface area contributed by atoms with Crippen molar-refractivity contribution < 1.29 is 9.66 Å². The van der Waals surface area contributed by atoms with Gasteiger partial charge in [0.15, 0.2) is 5.75 Å². The minimum atomic E-state index is -0.469. The van der Waals surface area contributed by atoms with Crippen molar-refractivity contribution in [3.05, 3.63) is 56.7 Å². The molecule has 1 aromatic carbocycles. The van der Waals surface area contributed by atoms with Crippen molar-refractivity contribution in [2.75, 3.05) is 7.05 Å². The summed E-state index contributed by atoms with van der Waals surface area (Å²) in [5.74, 6) is 0.735. The van der Waals surface area contributed by atoms with Crippen molar-refractivity contribution >= 4 is 21.6 Å². The van der Waals surface area contributed by atoms with Gasteiger partial charge < -0.3 is 10.1 Å². The van der Waals surface area contributed by atoms with E-state index in [1.54, 1.807) is 18.3 Å². The number of halogens is 1. The van der Waals surface area contributed by atoms with Crippen LogP contribution in [0, 0.1) is 10.1 Å². The summed E-state index contributed by atoms with van der Waals surface area (Å²) in [6, 6.07) is 7.93. The number of nitrogens with zero attached hydrogens (tertiary/aromatic N) is 2. The van der Waals surface area contributed by atoms with Crippen molar-refractivity contribution in [3.8, 4) is 11.6 Å². The highest BCUT2D eigenvalue weighted by atomic mass is 79.9. The maximum atomic E-state index is 10.7. The van der Waals surface area contributed by atoms with Gasteiger partial charge in [-0.2, -0.15) is 0 Å². The molecule has 7 heteroatoms. The maximum absolute atomic E-state index is 10.7. The molecule has 1 aromatic heterocycles. The summed E-state index contributed by atoms with van der Waals surface area (Å²) in [5.41, 5.74) is 0.993. The highest BCUT2D eigenvalue weighted by Crippen LogP contribution is 2.32. The van der Waals surface area contributed by atoms with Gasteiger partial charge in [0.1, 0.15) is 0 Å². The van der Waals surface area contributed by atoms with Gasteiger partial charge >= 0.3 is 0 Å². The number of hydrogen-bond acceptors (Lipinski definition) is 5. The minimum absolute atomic E-state index is 0.0324. The summed E-state index contributed by atoms with van der Waals surface area (Å²) in [4.78, 5) is 14.4. The van der Waals surface area contributed by atoms with E-state index in [0.29, 0.717) is 22.6 Å². The molecule has 0 atom stereocenters. The van der Waals surface area contributed by atoms with Crippen LogP contribution in [0.1, 0.15) is 5.56 Å². The molecule has 104 valence electrons. The number of non-ortho nitro benzene ring substituents is 1. The second kappa shape index (κ2) is 6.44. The van der Waals surface area contributed by atoms with E-state index in [4.69, 9.17) is 4.74 Å². The molecule has 0 saturated heterocycles. The fourth-order valence-corrected chi connectivity index (χ4v) is 1.90. The zero-order valence-electron chi connectivity index (χ0n) is 10.7. The van der Waals surface area contributed by atoms with Crippen LogP contribution in [0.3, 0.4) is 0 Å². The zero-order valence-corrected chi connectivity index (χ0v) is 12.3. The van der Waals surface area contributed by atoms with Crippen LogP contribution < -0.4 is 10.1 Å². The third kappa shape index (κ3) is 3.52. The van der Waals surface area contributed by atoms with Crippen LogP contribution in [0.2, 0.25) is 0 Å². The third-order valence-corrected chi connectivity index (χ3v) is 3.17. The van der Waals surface area contributed by atoms with E-state index in [9.17, 15) is 10.1 Å². The first-order valence-corrected chi connectivity index (χ1v) is 6.61. The normalized spacial score (nSPS) is 10.3. The lowest BCUT2D eigenvalue weighted by atomic mass is 10.3. The van der Waals surface area contributed by atoms with Crippen molar-refractivity contribution in [1.29, 1.82) is 0 Å². The van der Waals surface area contributed by atoms with Crippen molar-refractivity contribution in [2.24, 2.45) is 0 Å². The first-order valence-electron chi connectivity index (χ1n) is 5.81. The van der Waals surface area contributed by atoms with E-state index >= 15 is 0 Å². The number of aromatic nitrogens is 1. The lowest BCUT2D eigenvalue weighted by Crippen LogP contribution is -2.05. The summed E-state index contributed by atoms with van der Waals surface area (Å²) in [5, 5.41) is 13.8. The van der Waals surface area contributed by atoms with Gasteiger partial charge in [-0.1, -0.05) is 6.07 Å². The lowest BCUT2D eigenvalue weighted by Gasteiger charge is -2.07. The van der Waals surface area contributed by atoms with Gasteiger partial charge in [0, 0.05) is 24.9 Å². The number of benzene rings is 1. The number of ether oxygens (including phenoxy) is 1. The fraction of sp³-hybridized carbons (Fsp3) is 0.154. The van der Waals surface area contributed by atoms with E-state index in [-0.39, 0.29) is 5.69 Å². The van der Waals surface area contributed by atoms with Crippen LogP contribution in [-0.4, -0.2) is 17.0 Å². The molecular formula is C13H12BrN3O3. The Morgan fingerprint density at radius 2 is 2.20 bits per heavy atom. The average Bonchev–Trinajstić information content (AvgIpc) is 2.43. The van der Waals surface area contributed by atoms with E-state index in [2.05, 4.69) is 26.2 Å². The summed E-state index contributed by atoms with van der Waals surface area (Å²) in [6.07, 6.45) is 1.69. The molecule has 2 aromatic rings. The SMILES string of the molecule is CNCc1ccc(Oc2cc([N+](=O)[O-])ccc2Br)nc1. The Morgan fingerprint density at radius 1 is 1.40 bits per heavy atom. The smallest absolute Gasteiger partial charge is 0.273 e. The van der Waals surface area contributed by atoms with Crippen LogP contribution in [-0.2, 0) is 6.54 Å². The van der Waals surface area contributed by atoms with Crippen molar-refractivity contribution in [3.63, 3.8) is 0 Å². The van der Waals surface area contributed by atoms with Crippen LogP contribution in [0.4, 0.5) is 5.69 Å². The van der Waals surface area contributed by atoms with Gasteiger partial charge in [-0.3, -0.25) is 10.1 Å². The lowest BCUT2D eigenvalue weighted by molar-refractivity contribution is -0.384. The Bertz CT molecular complexity index is 617. The van der Waals surface area contributed by atoms with Crippen molar-refractivity contribution in [2.45, 2.75) is 6.54 Å². The molecule has 6 nitrogen and oxygen atoms in total. The van der Waals surface area contributed by atoms with Gasteiger partial charge in [-0.25, -0.2) is 4.98 Å². The maximum Gasteiger partial charge on any atom is 0.273 e. The largest absolute Gasteiger partial charge is 0.438 e. The Balaban J connectivity index is 2.20. The molecule has 0 unspecified atom stereocenters. The Hall–Kier alpha value is -1.99. The van der Waals surface area contributed by atoms with Crippen LogP contribution in [0.15, 0.2) is 41.0 Å². The predicted octanol–water partition coefficient (Wildman–Crippen LogP) is 3.26. The Kier molecular flexibility index (Phi) is 4.65. The summed E-state index contributed by atoms with van der Waals surface area (Å²) >= 11 is 3.29. The number of rotatable bonds is 5. The first kappa shape index (κ1) is 14.4. The summed E-state index contributed by atoms with van der Waals surface area (Å²) < 4.78 is 6.18. The van der Waals surface area contributed by atoms with E-state index in [0.717, 1.165) is 5.56 Å². The molecule has 1 heterocycles. The van der Waals surface area contributed by atoms with E-state index in [1.807, 2.05) is 13.1 Å². The van der Waals surface area contributed by atoms with Crippen LogP contribution in [0.25, 0.3) is 0 Å². The van der Waals surface area contributed by atoms with Gasteiger partial charge in [-0.05, 0) is 34.6 Å². The van der Waals surface area contributed by atoms with Gasteiger partial charge in [0.05, 0.1) is 15.5 Å². The van der Waals surface area contributed by atoms with E-state index in [1.165, 1.54) is 12.1 Å². The molecule has 0 spiro atoms. The van der Waals surface area contributed by atoms with Gasteiger partial charge in [0.2, 0.25) is 5.88 Å². The molecule has 0 aliphatic rings. The van der Waals surface area contributed by atoms with Gasteiger partial charge in [-0.15, -0.1) is 0 Å². The molecule has 0 aliphatic carbocycles. The molecule has 0 fully saturated rings. The van der Waals surface area contributed by atoms with Crippen LogP contribution >= 0.6 is 15.9 Å². The molecule has 0 aliphatic heterocycles. The van der Waals surface area contributed by atoms with Crippen molar-refractivity contribution in [1.82, 2.24) is 10.3 Å². The summed E-state index contributed by atoms with van der Waals surface area (Å²) in [7, 11) is 1.85. The summed E-state index contributed by atoms with van der Waals surface area (Å²) in [6.45, 7) is 0.716. The Labute approximate surface area is 124 Å². The standard InChI is InChI=1S/C13H12BrN3O3/c1-15-7-9-2-5-13(16-8-9)20-12-6-10(17(18)19)3-4-11(12)14/h2-6,8,15H,7H2,1H3. The molecular weight excluding hydrogens is 326 g/mol. The molecule has 0 saturated carbocycles. The molecule has 0 amide bonds. The second-order valence-corrected chi connectivity index (χ2v) is 4.86. The number of nitrogens with one attached hydrogen (secondary N) is 1. The predicted molar refractivity (Wildman–Crippen MR) is 77.9 cm³/mol. The number of pyridine rings is 1. The molecule has 0 radical (unpaired) electrons. The first-order chi connectivity index (χ1) is 9.60. The second-order valence-electron chi connectivity index (χ2n) is 4.01.